The Kier molecular flexibility index (Phi) is 5.46. The van der Waals surface area contributed by atoms with Gasteiger partial charge in [-0.3, -0.25) is 9.48 Å². The number of fused-ring (bicyclic) bond motifs is 1. The molecule has 1 amide bonds. The highest BCUT2D eigenvalue weighted by atomic mass is 79.9. The molecule has 0 bridgehead atoms. The SMILES string of the molecule is CC(C)(C)OC(=O)N1CCC(c2nn(CC(=O)O)c3cccc(Br)c23)CC1. The first kappa shape index (κ1) is 19.7. The molecule has 27 heavy (non-hydrogen) atoms. The van der Waals surface area contributed by atoms with Gasteiger partial charge in [-0.25, -0.2) is 4.79 Å². The first-order valence-electron chi connectivity index (χ1n) is 9.00. The Morgan fingerprint density at radius 2 is 1.96 bits per heavy atom. The van der Waals surface area contributed by atoms with Crippen LogP contribution in [0.4, 0.5) is 4.79 Å². The second-order valence-corrected chi connectivity index (χ2v) is 8.67. The quantitative estimate of drug-likeness (QED) is 0.783. The number of halogens is 1. The van der Waals surface area contributed by atoms with Gasteiger partial charge in [-0.05, 0) is 45.7 Å². The molecule has 1 aromatic heterocycles. The van der Waals surface area contributed by atoms with E-state index in [2.05, 4.69) is 21.0 Å². The van der Waals surface area contributed by atoms with Crippen LogP contribution in [0.5, 0.6) is 0 Å². The number of carboxylic acid groups (broad SMARTS) is 1. The lowest BCUT2D eigenvalue weighted by Crippen LogP contribution is -2.41. The van der Waals surface area contributed by atoms with E-state index in [0.29, 0.717) is 13.1 Å². The van der Waals surface area contributed by atoms with Gasteiger partial charge in [0.25, 0.3) is 0 Å². The average Bonchev–Trinajstić information content (AvgIpc) is 2.93. The van der Waals surface area contributed by atoms with Crippen LogP contribution in [0.3, 0.4) is 0 Å². The van der Waals surface area contributed by atoms with E-state index in [4.69, 9.17) is 4.74 Å². The summed E-state index contributed by atoms with van der Waals surface area (Å²) < 4.78 is 7.89. The van der Waals surface area contributed by atoms with Crippen molar-refractivity contribution in [2.24, 2.45) is 0 Å². The first-order valence-corrected chi connectivity index (χ1v) is 9.79. The average molecular weight is 438 g/mol. The van der Waals surface area contributed by atoms with Crippen molar-refractivity contribution in [3.63, 3.8) is 0 Å². The van der Waals surface area contributed by atoms with Gasteiger partial charge in [-0.15, -0.1) is 0 Å². The fourth-order valence-electron chi connectivity index (χ4n) is 3.41. The van der Waals surface area contributed by atoms with E-state index >= 15 is 0 Å². The fourth-order valence-corrected chi connectivity index (χ4v) is 3.97. The Morgan fingerprint density at radius 1 is 1.30 bits per heavy atom. The minimum Gasteiger partial charge on any atom is -0.480 e. The Balaban J connectivity index is 1.81. The number of amides is 1. The predicted octanol–water partition coefficient (Wildman–Crippen LogP) is 4.00. The molecule has 0 saturated carbocycles. The molecule has 0 spiro atoms. The predicted molar refractivity (Wildman–Crippen MR) is 105 cm³/mol. The van der Waals surface area contributed by atoms with Crippen LogP contribution >= 0.6 is 15.9 Å². The number of aliphatic carboxylic acids is 1. The van der Waals surface area contributed by atoms with E-state index in [1.807, 2.05) is 39.0 Å². The summed E-state index contributed by atoms with van der Waals surface area (Å²) >= 11 is 3.58. The van der Waals surface area contributed by atoms with Gasteiger partial charge in [0, 0.05) is 28.9 Å². The molecule has 0 aliphatic carbocycles. The van der Waals surface area contributed by atoms with Crippen molar-refractivity contribution in [1.82, 2.24) is 14.7 Å². The summed E-state index contributed by atoms with van der Waals surface area (Å²) in [6.45, 7) is 6.58. The Bertz CT molecular complexity index is 864. The van der Waals surface area contributed by atoms with Crippen LogP contribution in [0.25, 0.3) is 10.9 Å². The third-order valence-corrected chi connectivity index (χ3v) is 5.23. The molecular weight excluding hydrogens is 414 g/mol. The summed E-state index contributed by atoms with van der Waals surface area (Å²) in [6, 6.07) is 5.70. The summed E-state index contributed by atoms with van der Waals surface area (Å²) in [5.74, 6) is -0.759. The number of nitrogens with zero attached hydrogens (tertiary/aromatic N) is 3. The zero-order valence-corrected chi connectivity index (χ0v) is 17.3. The van der Waals surface area contributed by atoms with E-state index < -0.39 is 11.6 Å². The van der Waals surface area contributed by atoms with Gasteiger partial charge in [0.1, 0.15) is 12.1 Å². The molecule has 0 radical (unpaired) electrons. The van der Waals surface area contributed by atoms with E-state index in [1.54, 1.807) is 4.90 Å². The molecule has 7 nitrogen and oxygen atoms in total. The van der Waals surface area contributed by atoms with Crippen LogP contribution in [0.15, 0.2) is 22.7 Å². The van der Waals surface area contributed by atoms with Crippen LogP contribution in [0.1, 0.15) is 45.2 Å². The van der Waals surface area contributed by atoms with Crippen LogP contribution in [0.2, 0.25) is 0 Å². The standard InChI is InChI=1S/C19H24BrN3O4/c1-19(2,3)27-18(26)22-9-7-12(8-10-22)17-16-13(20)5-4-6-14(16)23(21-17)11-15(24)25/h4-6,12H,7-11H2,1-3H3,(H,24,25). The topological polar surface area (TPSA) is 84.7 Å². The number of ether oxygens (including phenoxy) is 1. The molecule has 146 valence electrons. The number of carbonyl (C=O) groups is 2. The van der Waals surface area contributed by atoms with Crippen molar-refractivity contribution < 1.29 is 19.4 Å². The summed E-state index contributed by atoms with van der Waals surface area (Å²) in [5, 5.41) is 14.7. The van der Waals surface area contributed by atoms with E-state index in [-0.39, 0.29) is 18.6 Å². The van der Waals surface area contributed by atoms with Crippen molar-refractivity contribution in [3.05, 3.63) is 28.4 Å². The van der Waals surface area contributed by atoms with Gasteiger partial charge < -0.3 is 14.7 Å². The van der Waals surface area contributed by atoms with Crippen molar-refractivity contribution in [2.75, 3.05) is 13.1 Å². The number of carboxylic acids is 1. The lowest BCUT2D eigenvalue weighted by Gasteiger charge is -2.33. The molecule has 1 aromatic carbocycles. The summed E-state index contributed by atoms with van der Waals surface area (Å²) in [5.41, 5.74) is 1.18. The van der Waals surface area contributed by atoms with Gasteiger partial charge in [0.15, 0.2) is 0 Å². The van der Waals surface area contributed by atoms with Crippen LogP contribution < -0.4 is 0 Å². The number of hydrogen-bond donors (Lipinski definition) is 1. The van der Waals surface area contributed by atoms with Crippen LogP contribution in [0, 0.1) is 0 Å². The van der Waals surface area contributed by atoms with Crippen molar-refractivity contribution in [3.8, 4) is 0 Å². The Hall–Kier alpha value is -2.09. The van der Waals surface area contributed by atoms with E-state index in [1.165, 1.54) is 4.68 Å². The summed E-state index contributed by atoms with van der Waals surface area (Å²) in [6.07, 6.45) is 1.24. The molecule has 1 fully saturated rings. The number of carbonyl (C=O) groups excluding carboxylic acids is 1. The van der Waals surface area contributed by atoms with Crippen molar-refractivity contribution in [2.45, 2.75) is 51.7 Å². The normalized spacial score (nSPS) is 15.9. The lowest BCUT2D eigenvalue weighted by atomic mass is 9.92. The molecule has 0 atom stereocenters. The van der Waals surface area contributed by atoms with Gasteiger partial charge in [0.2, 0.25) is 0 Å². The van der Waals surface area contributed by atoms with Crippen molar-refractivity contribution in [1.29, 1.82) is 0 Å². The van der Waals surface area contributed by atoms with E-state index in [9.17, 15) is 14.7 Å². The number of likely N-dealkylation sites (tertiary alicyclic amines) is 1. The highest BCUT2D eigenvalue weighted by Gasteiger charge is 2.30. The van der Waals surface area contributed by atoms with Gasteiger partial charge in [-0.1, -0.05) is 22.0 Å². The van der Waals surface area contributed by atoms with Gasteiger partial charge in [-0.2, -0.15) is 5.10 Å². The zero-order chi connectivity index (χ0) is 19.8. The third-order valence-electron chi connectivity index (χ3n) is 4.57. The number of benzene rings is 1. The Labute approximate surface area is 166 Å². The largest absolute Gasteiger partial charge is 0.480 e. The molecule has 1 N–H and O–H groups in total. The van der Waals surface area contributed by atoms with Gasteiger partial charge in [0.05, 0.1) is 11.2 Å². The summed E-state index contributed by atoms with van der Waals surface area (Å²) in [7, 11) is 0. The number of rotatable bonds is 3. The fraction of sp³-hybridized carbons (Fsp3) is 0.526. The zero-order valence-electron chi connectivity index (χ0n) is 15.7. The molecule has 1 aliphatic rings. The molecule has 1 aliphatic heterocycles. The smallest absolute Gasteiger partial charge is 0.410 e. The van der Waals surface area contributed by atoms with Crippen LogP contribution in [-0.4, -0.2) is 50.5 Å². The molecule has 1 saturated heterocycles. The highest BCUT2D eigenvalue weighted by molar-refractivity contribution is 9.10. The monoisotopic (exact) mass is 437 g/mol. The molecule has 8 heteroatoms. The van der Waals surface area contributed by atoms with E-state index in [0.717, 1.165) is 33.9 Å². The maximum atomic E-state index is 12.3. The minimum atomic E-state index is -0.925. The number of aromatic nitrogens is 2. The second kappa shape index (κ2) is 7.50. The summed E-state index contributed by atoms with van der Waals surface area (Å²) in [4.78, 5) is 25.2. The van der Waals surface area contributed by atoms with Crippen LogP contribution in [-0.2, 0) is 16.1 Å². The molecular formula is C19H24BrN3O4. The Morgan fingerprint density at radius 3 is 2.56 bits per heavy atom. The highest BCUT2D eigenvalue weighted by Crippen LogP contribution is 2.36. The number of hydrogen-bond acceptors (Lipinski definition) is 4. The molecule has 2 heterocycles. The molecule has 3 rings (SSSR count). The first-order chi connectivity index (χ1) is 12.7. The minimum absolute atomic E-state index is 0.167. The molecule has 0 unspecified atom stereocenters. The second-order valence-electron chi connectivity index (χ2n) is 7.81. The maximum absolute atomic E-state index is 12.3. The van der Waals surface area contributed by atoms with Crippen molar-refractivity contribution >= 4 is 38.9 Å². The third kappa shape index (κ3) is 4.43. The maximum Gasteiger partial charge on any atom is 0.410 e. The molecule has 2 aromatic rings. The van der Waals surface area contributed by atoms with Gasteiger partial charge >= 0.3 is 12.1 Å². The number of piperidine rings is 1. The lowest BCUT2D eigenvalue weighted by molar-refractivity contribution is -0.137.